The first-order valence-electron chi connectivity index (χ1n) is 7.06. The molecule has 0 fully saturated rings. The predicted octanol–water partition coefficient (Wildman–Crippen LogP) is 3.70. The minimum Gasteiger partial charge on any atom is -0.316 e. The predicted molar refractivity (Wildman–Crippen MR) is 94.7 cm³/mol. The first-order valence-corrected chi connectivity index (χ1v) is 7.06. The van der Waals surface area contributed by atoms with E-state index in [1.54, 1.807) is 11.9 Å². The van der Waals surface area contributed by atoms with E-state index in [-0.39, 0.29) is 18.3 Å². The Kier molecular flexibility index (Phi) is 6.15. The summed E-state index contributed by atoms with van der Waals surface area (Å²) in [6, 6.07) is 13.2. The molecule has 2 aromatic carbocycles. The maximum atomic E-state index is 12.6. The van der Waals surface area contributed by atoms with Gasteiger partial charge >= 0.3 is 0 Å². The van der Waals surface area contributed by atoms with Gasteiger partial charge in [0.2, 0.25) is 5.91 Å². The number of anilines is 1. The highest BCUT2D eigenvalue weighted by Gasteiger charge is 2.21. The van der Waals surface area contributed by atoms with Crippen molar-refractivity contribution in [2.75, 3.05) is 11.9 Å². The van der Waals surface area contributed by atoms with Gasteiger partial charge in [0, 0.05) is 12.7 Å². The molecule has 1 unspecified atom stereocenters. The van der Waals surface area contributed by atoms with Gasteiger partial charge < -0.3 is 10.6 Å². The Morgan fingerprint density at radius 3 is 1.95 bits per heavy atom. The van der Waals surface area contributed by atoms with Crippen molar-refractivity contribution in [3.63, 3.8) is 0 Å². The number of hydrogen-bond donors (Lipinski definition) is 1. The van der Waals surface area contributed by atoms with Crippen LogP contribution in [-0.4, -0.2) is 13.0 Å². The number of carbonyl (C=O) groups is 1. The normalized spacial score (nSPS) is 11.5. The van der Waals surface area contributed by atoms with E-state index in [1.807, 2.05) is 57.2 Å². The molecule has 0 aliphatic rings. The summed E-state index contributed by atoms with van der Waals surface area (Å²) >= 11 is 0. The maximum absolute atomic E-state index is 12.6. The zero-order chi connectivity index (χ0) is 15.6. The number of rotatable bonds is 3. The van der Waals surface area contributed by atoms with Gasteiger partial charge in [-0.3, -0.25) is 4.79 Å². The van der Waals surface area contributed by atoms with Crippen LogP contribution >= 0.6 is 12.4 Å². The topological polar surface area (TPSA) is 46.3 Å². The molecular weight excluding hydrogens is 296 g/mol. The second-order valence-corrected chi connectivity index (χ2v) is 5.63. The molecule has 0 radical (unpaired) electrons. The van der Waals surface area contributed by atoms with Gasteiger partial charge in [-0.25, -0.2) is 0 Å². The molecule has 0 bridgehead atoms. The van der Waals surface area contributed by atoms with Gasteiger partial charge in [0.15, 0.2) is 0 Å². The highest BCUT2D eigenvalue weighted by atomic mass is 35.5. The van der Waals surface area contributed by atoms with Crippen molar-refractivity contribution in [2.45, 2.75) is 26.8 Å². The van der Waals surface area contributed by atoms with Gasteiger partial charge in [-0.1, -0.05) is 35.9 Å². The van der Waals surface area contributed by atoms with Crippen LogP contribution in [0.3, 0.4) is 0 Å². The molecule has 0 aliphatic heterocycles. The quantitative estimate of drug-likeness (QED) is 0.938. The Bertz CT molecular complexity index is 632. The zero-order valence-electron chi connectivity index (χ0n) is 13.5. The molecule has 3 nitrogen and oxygen atoms in total. The molecule has 0 saturated carbocycles. The van der Waals surface area contributed by atoms with Crippen LogP contribution in [-0.2, 0) is 4.79 Å². The Morgan fingerprint density at radius 1 is 0.955 bits per heavy atom. The number of halogens is 1. The van der Waals surface area contributed by atoms with Gasteiger partial charge in [0.25, 0.3) is 0 Å². The van der Waals surface area contributed by atoms with Crippen LogP contribution in [0, 0.1) is 20.8 Å². The average Bonchev–Trinajstić information content (AvgIpc) is 2.44. The van der Waals surface area contributed by atoms with Gasteiger partial charge in [0.1, 0.15) is 6.04 Å². The van der Waals surface area contributed by atoms with Crippen molar-refractivity contribution in [3.05, 3.63) is 64.7 Å². The average molecular weight is 319 g/mol. The molecule has 2 N–H and O–H groups in total. The van der Waals surface area contributed by atoms with E-state index in [4.69, 9.17) is 5.73 Å². The summed E-state index contributed by atoms with van der Waals surface area (Å²) in [6.07, 6.45) is 0. The summed E-state index contributed by atoms with van der Waals surface area (Å²) in [6.45, 7) is 6.06. The first kappa shape index (κ1) is 18.2. The van der Waals surface area contributed by atoms with Gasteiger partial charge in [0.05, 0.1) is 0 Å². The SMILES string of the molecule is Cc1ccc(C(N)C(=O)N(C)c2cc(C)cc(C)c2)cc1.Cl. The monoisotopic (exact) mass is 318 g/mol. The number of benzene rings is 2. The van der Waals surface area contributed by atoms with Crippen molar-refractivity contribution >= 4 is 24.0 Å². The second-order valence-electron chi connectivity index (χ2n) is 5.63. The number of aryl methyl sites for hydroxylation is 3. The van der Waals surface area contributed by atoms with Crippen molar-refractivity contribution < 1.29 is 4.79 Å². The van der Waals surface area contributed by atoms with Gasteiger partial charge in [-0.2, -0.15) is 0 Å². The Hall–Kier alpha value is -1.84. The Labute approximate surface area is 138 Å². The Balaban J connectivity index is 0.00000242. The first-order chi connectivity index (χ1) is 9.88. The summed E-state index contributed by atoms with van der Waals surface area (Å²) in [5.74, 6) is -0.108. The molecule has 118 valence electrons. The highest BCUT2D eigenvalue weighted by Crippen LogP contribution is 2.21. The van der Waals surface area contributed by atoms with E-state index in [2.05, 4.69) is 6.07 Å². The highest BCUT2D eigenvalue weighted by molar-refractivity contribution is 5.97. The van der Waals surface area contributed by atoms with Crippen molar-refractivity contribution in [3.8, 4) is 0 Å². The standard InChI is InChI=1S/C18H22N2O.ClH/c1-12-5-7-15(8-6-12)17(19)18(21)20(4)16-10-13(2)9-14(3)11-16;/h5-11,17H,19H2,1-4H3;1H. The number of carbonyl (C=O) groups excluding carboxylic acids is 1. The van der Waals surface area contributed by atoms with E-state index in [9.17, 15) is 4.79 Å². The molecule has 4 heteroatoms. The van der Waals surface area contributed by atoms with E-state index >= 15 is 0 Å². The van der Waals surface area contributed by atoms with Crippen LogP contribution in [0.1, 0.15) is 28.3 Å². The minimum absolute atomic E-state index is 0. The lowest BCUT2D eigenvalue weighted by atomic mass is 10.0. The van der Waals surface area contributed by atoms with E-state index in [0.29, 0.717) is 0 Å². The summed E-state index contributed by atoms with van der Waals surface area (Å²) in [7, 11) is 1.77. The van der Waals surface area contributed by atoms with Crippen molar-refractivity contribution in [1.29, 1.82) is 0 Å². The zero-order valence-corrected chi connectivity index (χ0v) is 14.3. The summed E-state index contributed by atoms with van der Waals surface area (Å²) in [5, 5.41) is 0. The van der Waals surface area contributed by atoms with Gasteiger partial charge in [-0.15, -0.1) is 12.4 Å². The molecule has 22 heavy (non-hydrogen) atoms. The van der Waals surface area contributed by atoms with Crippen molar-refractivity contribution in [2.24, 2.45) is 5.73 Å². The molecule has 2 aromatic rings. The lowest BCUT2D eigenvalue weighted by molar-refractivity contribution is -0.119. The molecule has 0 spiro atoms. The number of nitrogens with zero attached hydrogens (tertiary/aromatic N) is 1. The number of hydrogen-bond acceptors (Lipinski definition) is 2. The third-order valence-electron chi connectivity index (χ3n) is 3.63. The summed E-state index contributed by atoms with van der Waals surface area (Å²) in [5.41, 5.74) is 11.2. The second kappa shape index (κ2) is 7.43. The lowest BCUT2D eigenvalue weighted by Crippen LogP contribution is -2.35. The third-order valence-corrected chi connectivity index (χ3v) is 3.63. The van der Waals surface area contributed by atoms with Crippen LogP contribution in [0.5, 0.6) is 0 Å². The van der Waals surface area contributed by atoms with E-state index < -0.39 is 6.04 Å². The number of amides is 1. The van der Waals surface area contributed by atoms with Crippen LogP contribution < -0.4 is 10.6 Å². The van der Waals surface area contributed by atoms with Crippen LogP contribution in [0.15, 0.2) is 42.5 Å². The molecule has 0 saturated heterocycles. The molecule has 0 aliphatic carbocycles. The lowest BCUT2D eigenvalue weighted by Gasteiger charge is -2.22. The Morgan fingerprint density at radius 2 is 1.45 bits per heavy atom. The fourth-order valence-electron chi connectivity index (χ4n) is 2.40. The minimum atomic E-state index is -0.642. The largest absolute Gasteiger partial charge is 0.316 e. The maximum Gasteiger partial charge on any atom is 0.248 e. The summed E-state index contributed by atoms with van der Waals surface area (Å²) in [4.78, 5) is 14.2. The number of likely N-dealkylation sites (N-methyl/N-ethyl adjacent to an activating group) is 1. The van der Waals surface area contributed by atoms with E-state index in [1.165, 1.54) is 0 Å². The summed E-state index contributed by atoms with van der Waals surface area (Å²) < 4.78 is 0. The number of nitrogens with two attached hydrogens (primary N) is 1. The third kappa shape index (κ3) is 4.09. The van der Waals surface area contributed by atoms with Crippen LogP contribution in [0.4, 0.5) is 5.69 Å². The molecule has 2 rings (SSSR count). The molecule has 1 atom stereocenters. The fraction of sp³-hybridized carbons (Fsp3) is 0.278. The van der Waals surface area contributed by atoms with Crippen LogP contribution in [0.2, 0.25) is 0 Å². The molecule has 1 amide bonds. The van der Waals surface area contributed by atoms with Crippen LogP contribution in [0.25, 0.3) is 0 Å². The van der Waals surface area contributed by atoms with E-state index in [0.717, 1.165) is 27.9 Å². The van der Waals surface area contributed by atoms with Crippen molar-refractivity contribution in [1.82, 2.24) is 0 Å². The smallest absolute Gasteiger partial charge is 0.248 e. The molecule has 0 aromatic heterocycles. The fourth-order valence-corrected chi connectivity index (χ4v) is 2.40. The van der Waals surface area contributed by atoms with Gasteiger partial charge in [-0.05, 0) is 49.6 Å². The molecule has 0 heterocycles. The molecular formula is C18H23ClN2O.